The first kappa shape index (κ1) is 20.3. The van der Waals surface area contributed by atoms with Gasteiger partial charge in [0.2, 0.25) is 15.9 Å². The van der Waals surface area contributed by atoms with Crippen LogP contribution in [0.25, 0.3) is 11.0 Å². The molecule has 2 fully saturated rings. The Balaban J connectivity index is 1.48. The number of carbonyl (C=O) groups is 1. The molecule has 1 aromatic carbocycles. The van der Waals surface area contributed by atoms with Crippen molar-refractivity contribution < 1.29 is 13.2 Å². The number of nitrogens with zero attached hydrogens (tertiary/aromatic N) is 3. The molecule has 1 saturated carbocycles. The predicted octanol–water partition coefficient (Wildman–Crippen LogP) is 2.60. The molecule has 4 rings (SSSR count). The molecule has 1 atom stereocenters. The number of carbonyl (C=O) groups excluding carboxylic acids is 1. The SMILES string of the molecule is C[C@H](NC(=O)CCc1nc2cc(S(=O)(=O)N3CCCCC3)ccc2n1C)C1CC1. The highest BCUT2D eigenvalue weighted by Crippen LogP contribution is 2.32. The molecule has 7 nitrogen and oxygen atoms in total. The predicted molar refractivity (Wildman–Crippen MR) is 112 cm³/mol. The standard InChI is InChI=1S/C21H30N4O3S/c1-15(16-6-7-16)22-21(26)11-10-20-23-18-14-17(8-9-19(18)24(20)2)29(27,28)25-12-4-3-5-13-25/h8-9,14-16H,3-7,10-13H2,1-2H3,(H,22,26)/t15-/m0/s1. The van der Waals surface area contributed by atoms with E-state index >= 15 is 0 Å². The number of hydrogen-bond donors (Lipinski definition) is 1. The zero-order chi connectivity index (χ0) is 20.6. The van der Waals surface area contributed by atoms with Gasteiger partial charge in [0.25, 0.3) is 0 Å². The first-order valence-corrected chi connectivity index (χ1v) is 12.0. The van der Waals surface area contributed by atoms with Crippen LogP contribution in [0.15, 0.2) is 23.1 Å². The molecule has 158 valence electrons. The number of nitrogens with one attached hydrogen (secondary N) is 1. The second-order valence-corrected chi connectivity index (χ2v) is 10.3. The third-order valence-corrected chi connectivity index (χ3v) is 8.09. The van der Waals surface area contributed by atoms with E-state index in [0.717, 1.165) is 30.6 Å². The molecule has 1 saturated heterocycles. The van der Waals surface area contributed by atoms with Crippen molar-refractivity contribution in [1.29, 1.82) is 0 Å². The van der Waals surface area contributed by atoms with Gasteiger partial charge in [-0.05, 0) is 56.7 Å². The molecule has 1 N–H and O–H groups in total. The van der Waals surface area contributed by atoms with E-state index in [2.05, 4.69) is 17.2 Å². The lowest BCUT2D eigenvalue weighted by Crippen LogP contribution is -2.35. The molecule has 2 aliphatic rings. The highest BCUT2D eigenvalue weighted by Gasteiger charge is 2.29. The number of piperidine rings is 1. The van der Waals surface area contributed by atoms with Crippen LogP contribution in [0.4, 0.5) is 0 Å². The third kappa shape index (κ3) is 4.33. The monoisotopic (exact) mass is 418 g/mol. The number of aryl methyl sites for hydroxylation is 2. The van der Waals surface area contributed by atoms with Crippen LogP contribution in [0.2, 0.25) is 0 Å². The zero-order valence-electron chi connectivity index (χ0n) is 17.2. The first-order valence-electron chi connectivity index (χ1n) is 10.6. The van der Waals surface area contributed by atoms with E-state index in [0.29, 0.717) is 42.3 Å². The molecule has 0 radical (unpaired) electrons. The number of fused-ring (bicyclic) bond motifs is 1. The summed E-state index contributed by atoms with van der Waals surface area (Å²) < 4.78 is 29.4. The van der Waals surface area contributed by atoms with E-state index in [1.165, 1.54) is 12.8 Å². The summed E-state index contributed by atoms with van der Waals surface area (Å²) >= 11 is 0. The van der Waals surface area contributed by atoms with E-state index in [1.807, 2.05) is 17.7 Å². The number of benzene rings is 1. The molecule has 1 amide bonds. The van der Waals surface area contributed by atoms with Crippen molar-refractivity contribution in [2.45, 2.75) is 62.8 Å². The number of rotatable bonds is 7. The normalized spacial score (nSPS) is 19.4. The van der Waals surface area contributed by atoms with Crippen LogP contribution >= 0.6 is 0 Å². The maximum absolute atomic E-state index is 12.9. The minimum atomic E-state index is -3.48. The van der Waals surface area contributed by atoms with Crippen molar-refractivity contribution in [3.05, 3.63) is 24.0 Å². The summed E-state index contributed by atoms with van der Waals surface area (Å²) in [5.74, 6) is 1.47. The van der Waals surface area contributed by atoms with E-state index in [4.69, 9.17) is 0 Å². The molecular weight excluding hydrogens is 388 g/mol. The Morgan fingerprint density at radius 3 is 2.66 bits per heavy atom. The molecule has 0 bridgehead atoms. The summed E-state index contributed by atoms with van der Waals surface area (Å²) in [6.07, 6.45) is 6.23. The third-order valence-electron chi connectivity index (χ3n) is 6.19. The van der Waals surface area contributed by atoms with Crippen LogP contribution in [0, 0.1) is 5.92 Å². The van der Waals surface area contributed by atoms with E-state index < -0.39 is 10.0 Å². The van der Waals surface area contributed by atoms with Crippen LogP contribution in [0.1, 0.15) is 51.3 Å². The highest BCUT2D eigenvalue weighted by molar-refractivity contribution is 7.89. The fourth-order valence-electron chi connectivity index (χ4n) is 4.13. The summed E-state index contributed by atoms with van der Waals surface area (Å²) in [6.45, 7) is 3.24. The van der Waals surface area contributed by atoms with Gasteiger partial charge in [-0.15, -0.1) is 0 Å². The number of sulfonamides is 1. The topological polar surface area (TPSA) is 84.3 Å². The average Bonchev–Trinajstić information content (AvgIpc) is 3.52. The Labute approximate surface area is 172 Å². The smallest absolute Gasteiger partial charge is 0.243 e. The Kier molecular flexibility index (Phi) is 5.66. The number of amides is 1. The Bertz CT molecular complexity index is 1000. The van der Waals surface area contributed by atoms with Crippen LogP contribution in [-0.4, -0.2) is 47.3 Å². The maximum Gasteiger partial charge on any atom is 0.243 e. The molecule has 2 heterocycles. The maximum atomic E-state index is 12.9. The van der Waals surface area contributed by atoms with Gasteiger partial charge in [-0.3, -0.25) is 4.79 Å². The van der Waals surface area contributed by atoms with Crippen molar-refractivity contribution in [2.75, 3.05) is 13.1 Å². The van der Waals surface area contributed by atoms with Crippen molar-refractivity contribution in [1.82, 2.24) is 19.2 Å². The van der Waals surface area contributed by atoms with Gasteiger partial charge in [0.05, 0.1) is 15.9 Å². The summed E-state index contributed by atoms with van der Waals surface area (Å²) in [7, 11) is -1.57. The minimum Gasteiger partial charge on any atom is -0.353 e. The van der Waals surface area contributed by atoms with Gasteiger partial charge in [-0.2, -0.15) is 4.31 Å². The molecule has 0 unspecified atom stereocenters. The van der Waals surface area contributed by atoms with Gasteiger partial charge in [-0.1, -0.05) is 6.42 Å². The van der Waals surface area contributed by atoms with E-state index in [-0.39, 0.29) is 11.9 Å². The molecule has 1 aromatic heterocycles. The Morgan fingerprint density at radius 2 is 1.97 bits per heavy atom. The fraction of sp³-hybridized carbons (Fsp3) is 0.619. The van der Waals surface area contributed by atoms with Gasteiger partial charge in [0.1, 0.15) is 5.82 Å². The molecule has 2 aromatic rings. The van der Waals surface area contributed by atoms with Gasteiger partial charge in [0.15, 0.2) is 0 Å². The largest absolute Gasteiger partial charge is 0.353 e. The lowest BCUT2D eigenvalue weighted by Gasteiger charge is -2.25. The van der Waals surface area contributed by atoms with Crippen LogP contribution in [0.3, 0.4) is 0 Å². The average molecular weight is 419 g/mol. The quantitative estimate of drug-likeness (QED) is 0.749. The molecule has 0 spiro atoms. The number of aromatic nitrogens is 2. The zero-order valence-corrected chi connectivity index (χ0v) is 18.0. The summed E-state index contributed by atoms with van der Waals surface area (Å²) in [4.78, 5) is 17.1. The molecule has 29 heavy (non-hydrogen) atoms. The van der Waals surface area contributed by atoms with Gasteiger partial charge >= 0.3 is 0 Å². The Morgan fingerprint density at radius 1 is 1.24 bits per heavy atom. The van der Waals surface area contributed by atoms with Gasteiger partial charge in [-0.25, -0.2) is 13.4 Å². The fourth-order valence-corrected chi connectivity index (χ4v) is 5.67. The molecule has 1 aliphatic carbocycles. The van der Waals surface area contributed by atoms with Crippen LogP contribution in [-0.2, 0) is 28.3 Å². The van der Waals surface area contributed by atoms with Crippen LogP contribution in [0.5, 0.6) is 0 Å². The lowest BCUT2D eigenvalue weighted by molar-refractivity contribution is -0.121. The Hall–Kier alpha value is -1.93. The van der Waals surface area contributed by atoms with E-state index in [1.54, 1.807) is 16.4 Å². The molecular formula is C21H30N4O3S. The molecule has 1 aliphatic heterocycles. The first-order chi connectivity index (χ1) is 13.9. The van der Waals surface area contributed by atoms with Gasteiger partial charge < -0.3 is 9.88 Å². The second-order valence-electron chi connectivity index (χ2n) is 8.40. The summed E-state index contributed by atoms with van der Waals surface area (Å²) in [5.41, 5.74) is 1.54. The minimum absolute atomic E-state index is 0.0461. The van der Waals surface area contributed by atoms with Crippen molar-refractivity contribution in [3.8, 4) is 0 Å². The molecule has 8 heteroatoms. The summed E-state index contributed by atoms with van der Waals surface area (Å²) in [6, 6.07) is 5.39. The van der Waals surface area contributed by atoms with Crippen molar-refractivity contribution in [2.24, 2.45) is 13.0 Å². The number of imidazole rings is 1. The van der Waals surface area contributed by atoms with Crippen molar-refractivity contribution >= 4 is 27.0 Å². The van der Waals surface area contributed by atoms with Crippen molar-refractivity contribution in [3.63, 3.8) is 0 Å². The van der Waals surface area contributed by atoms with Crippen LogP contribution < -0.4 is 5.32 Å². The van der Waals surface area contributed by atoms with Gasteiger partial charge in [0, 0.05) is 39.0 Å². The number of hydrogen-bond acceptors (Lipinski definition) is 4. The van der Waals surface area contributed by atoms with E-state index in [9.17, 15) is 13.2 Å². The summed E-state index contributed by atoms with van der Waals surface area (Å²) in [5, 5.41) is 3.07. The second kappa shape index (κ2) is 8.07. The highest BCUT2D eigenvalue weighted by atomic mass is 32.2. The lowest BCUT2D eigenvalue weighted by atomic mass is 10.2.